The number of nitrogens with zero attached hydrogens (tertiary/aromatic N) is 1. The van der Waals surface area contributed by atoms with E-state index in [0.29, 0.717) is 5.56 Å². The van der Waals surface area contributed by atoms with Crippen LogP contribution in [0.5, 0.6) is 11.5 Å². The van der Waals surface area contributed by atoms with E-state index in [2.05, 4.69) is 12.3 Å². The molecule has 2 aromatic carbocycles. The maximum Gasteiger partial charge on any atom is 0.277 e. The fourth-order valence-corrected chi connectivity index (χ4v) is 4.11. The van der Waals surface area contributed by atoms with Gasteiger partial charge in [0.15, 0.2) is 0 Å². The topological polar surface area (TPSA) is 89.9 Å². The normalized spacial score (nSPS) is 10.8. The summed E-state index contributed by atoms with van der Waals surface area (Å²) in [7, 11) is 0. The lowest BCUT2D eigenvalue weighted by Crippen LogP contribution is -2.46. The Labute approximate surface area is 210 Å². The first-order valence-corrected chi connectivity index (χ1v) is 13.2. The van der Waals surface area contributed by atoms with Crippen molar-refractivity contribution in [2.75, 3.05) is 5.01 Å². The number of nitrogens with one attached hydrogen (secondary N) is 1. The molecular formula is C29H42N2O4. The highest BCUT2D eigenvalue weighted by atomic mass is 16.3. The molecule has 0 aromatic heterocycles. The molecular weight excluding hydrogens is 440 g/mol. The molecule has 0 bridgehead atoms. The number of carbonyl (C=O) groups excluding carboxylic acids is 2. The van der Waals surface area contributed by atoms with Gasteiger partial charge in [-0.15, -0.1) is 0 Å². The van der Waals surface area contributed by atoms with Gasteiger partial charge in [0.25, 0.3) is 5.91 Å². The van der Waals surface area contributed by atoms with Gasteiger partial charge in [-0.3, -0.25) is 15.0 Å². The lowest BCUT2D eigenvalue weighted by molar-refractivity contribution is -0.121. The van der Waals surface area contributed by atoms with Gasteiger partial charge in [-0.2, -0.15) is 0 Å². The molecule has 35 heavy (non-hydrogen) atoms. The van der Waals surface area contributed by atoms with Crippen LogP contribution < -0.4 is 10.4 Å². The third kappa shape index (κ3) is 10.8. The van der Waals surface area contributed by atoms with Crippen molar-refractivity contribution < 1.29 is 19.8 Å². The van der Waals surface area contributed by atoms with E-state index >= 15 is 0 Å². The quantitative estimate of drug-likeness (QED) is 0.133. The van der Waals surface area contributed by atoms with Gasteiger partial charge in [-0.05, 0) is 30.7 Å². The number of unbranched alkanes of at least 4 members (excludes halogenated alkanes) is 12. The molecule has 0 radical (unpaired) electrons. The molecule has 6 heteroatoms. The van der Waals surface area contributed by atoms with Gasteiger partial charge in [-0.25, -0.2) is 5.01 Å². The summed E-state index contributed by atoms with van der Waals surface area (Å²) in [5.41, 5.74) is 3.00. The number of phenolic OH excluding ortho intramolecular Hbond substituents is 2. The van der Waals surface area contributed by atoms with Crippen LogP contribution in [0.4, 0.5) is 5.69 Å². The van der Waals surface area contributed by atoms with Crippen molar-refractivity contribution in [2.24, 2.45) is 0 Å². The molecule has 0 saturated heterocycles. The van der Waals surface area contributed by atoms with Gasteiger partial charge >= 0.3 is 0 Å². The molecule has 0 atom stereocenters. The maximum atomic E-state index is 13.1. The molecule has 2 amide bonds. The summed E-state index contributed by atoms with van der Waals surface area (Å²) in [5.74, 6) is -1.13. The number of hydrogen-bond donors (Lipinski definition) is 3. The van der Waals surface area contributed by atoms with Crippen LogP contribution in [0.3, 0.4) is 0 Å². The lowest BCUT2D eigenvalue weighted by Gasteiger charge is -2.24. The van der Waals surface area contributed by atoms with E-state index in [-0.39, 0.29) is 29.5 Å². The summed E-state index contributed by atoms with van der Waals surface area (Å²) in [4.78, 5) is 25.7. The molecule has 0 aliphatic rings. The monoisotopic (exact) mass is 482 g/mol. The average molecular weight is 483 g/mol. The molecule has 0 heterocycles. The van der Waals surface area contributed by atoms with Gasteiger partial charge in [-0.1, -0.05) is 102 Å². The van der Waals surface area contributed by atoms with Crippen molar-refractivity contribution in [1.82, 2.24) is 5.43 Å². The SMILES string of the molecule is CCCCCCCCCCCCCCCC(=O)NN(C(=O)c1ccccc1)c1cc(O)ccc1O. The standard InChI is InChI=1S/C29H42N2O4/c1-2-3-4-5-6-7-8-9-10-11-12-13-17-20-28(34)30-31(26-23-25(32)21-22-27(26)33)29(35)24-18-15-14-16-19-24/h14-16,18-19,21-23,32-33H,2-13,17,20H2,1H3,(H,30,34). The summed E-state index contributed by atoms with van der Waals surface area (Å²) < 4.78 is 0. The molecule has 192 valence electrons. The van der Waals surface area contributed by atoms with Gasteiger partial charge in [0.1, 0.15) is 17.2 Å². The molecule has 0 saturated carbocycles. The predicted molar refractivity (Wildman–Crippen MR) is 141 cm³/mol. The highest BCUT2D eigenvalue weighted by Gasteiger charge is 2.23. The third-order valence-corrected chi connectivity index (χ3v) is 6.17. The van der Waals surface area contributed by atoms with Crippen molar-refractivity contribution in [1.29, 1.82) is 0 Å². The van der Waals surface area contributed by atoms with Crippen molar-refractivity contribution in [3.63, 3.8) is 0 Å². The minimum absolute atomic E-state index is 0.0255. The number of rotatable bonds is 16. The number of anilines is 1. The lowest BCUT2D eigenvalue weighted by atomic mass is 10.0. The van der Waals surface area contributed by atoms with Crippen molar-refractivity contribution in [3.05, 3.63) is 54.1 Å². The number of carbonyl (C=O) groups is 2. The first kappa shape index (κ1) is 28.2. The van der Waals surface area contributed by atoms with Gasteiger partial charge in [0.05, 0.1) is 0 Å². The molecule has 0 unspecified atom stereocenters. The Morgan fingerprint density at radius 2 is 1.29 bits per heavy atom. The highest BCUT2D eigenvalue weighted by Crippen LogP contribution is 2.31. The Balaban J connectivity index is 1.73. The van der Waals surface area contributed by atoms with Gasteiger partial charge < -0.3 is 10.2 Å². The molecule has 2 aromatic rings. The summed E-state index contributed by atoms with van der Waals surface area (Å²) in [6, 6.07) is 12.4. The van der Waals surface area contributed by atoms with Gasteiger partial charge in [0.2, 0.25) is 5.91 Å². The number of benzene rings is 2. The van der Waals surface area contributed by atoms with E-state index in [1.807, 2.05) is 0 Å². The number of amides is 2. The fourth-order valence-electron chi connectivity index (χ4n) is 4.11. The van der Waals surface area contributed by atoms with Crippen LogP contribution in [0.25, 0.3) is 0 Å². The second kappa shape index (κ2) is 16.6. The Morgan fingerprint density at radius 1 is 0.743 bits per heavy atom. The molecule has 0 aliphatic heterocycles. The zero-order valence-corrected chi connectivity index (χ0v) is 21.2. The summed E-state index contributed by atoms with van der Waals surface area (Å²) in [6.07, 6.45) is 16.2. The maximum absolute atomic E-state index is 13.1. The number of hydrogen-bond acceptors (Lipinski definition) is 4. The van der Waals surface area contributed by atoms with E-state index < -0.39 is 5.91 Å². The van der Waals surface area contributed by atoms with Crippen molar-refractivity contribution in [2.45, 2.75) is 96.8 Å². The minimum Gasteiger partial charge on any atom is -0.508 e. The summed E-state index contributed by atoms with van der Waals surface area (Å²) >= 11 is 0. The van der Waals surface area contributed by atoms with E-state index in [1.54, 1.807) is 30.3 Å². The highest BCUT2D eigenvalue weighted by molar-refractivity contribution is 6.08. The Kier molecular flexibility index (Phi) is 13.4. The second-order valence-electron chi connectivity index (χ2n) is 9.21. The summed E-state index contributed by atoms with van der Waals surface area (Å²) in [5, 5.41) is 21.1. The third-order valence-electron chi connectivity index (χ3n) is 6.17. The zero-order chi connectivity index (χ0) is 25.3. The number of aromatic hydroxyl groups is 2. The van der Waals surface area contributed by atoms with Crippen LogP contribution in [0.2, 0.25) is 0 Å². The van der Waals surface area contributed by atoms with Crippen molar-refractivity contribution >= 4 is 17.5 Å². The Morgan fingerprint density at radius 3 is 1.86 bits per heavy atom. The summed E-state index contributed by atoms with van der Waals surface area (Å²) in [6.45, 7) is 2.25. The Hall–Kier alpha value is -3.02. The second-order valence-corrected chi connectivity index (χ2v) is 9.21. The zero-order valence-electron chi connectivity index (χ0n) is 21.2. The van der Waals surface area contributed by atoms with Crippen LogP contribution >= 0.6 is 0 Å². The minimum atomic E-state index is -0.495. The van der Waals surface area contributed by atoms with Crippen LogP contribution in [0, 0.1) is 0 Å². The van der Waals surface area contributed by atoms with E-state index in [1.165, 1.54) is 82.4 Å². The van der Waals surface area contributed by atoms with E-state index in [0.717, 1.165) is 24.3 Å². The first-order valence-electron chi connectivity index (χ1n) is 13.2. The van der Waals surface area contributed by atoms with Crippen LogP contribution in [0.15, 0.2) is 48.5 Å². The molecule has 3 N–H and O–H groups in total. The molecule has 0 fully saturated rings. The van der Waals surface area contributed by atoms with E-state index in [4.69, 9.17) is 0 Å². The average Bonchev–Trinajstić information content (AvgIpc) is 2.87. The van der Waals surface area contributed by atoms with Gasteiger partial charge in [0, 0.05) is 18.1 Å². The van der Waals surface area contributed by atoms with Crippen LogP contribution in [-0.4, -0.2) is 22.0 Å². The Bertz CT molecular complexity index is 886. The van der Waals surface area contributed by atoms with Crippen LogP contribution in [-0.2, 0) is 4.79 Å². The number of hydrazine groups is 1. The smallest absolute Gasteiger partial charge is 0.277 e. The largest absolute Gasteiger partial charge is 0.508 e. The van der Waals surface area contributed by atoms with Crippen LogP contribution in [0.1, 0.15) is 107 Å². The fraction of sp³-hybridized carbons (Fsp3) is 0.517. The van der Waals surface area contributed by atoms with E-state index in [9.17, 15) is 19.8 Å². The molecule has 2 rings (SSSR count). The number of phenols is 2. The molecule has 6 nitrogen and oxygen atoms in total. The first-order chi connectivity index (χ1) is 17.0. The molecule has 0 aliphatic carbocycles. The van der Waals surface area contributed by atoms with Crippen molar-refractivity contribution in [3.8, 4) is 11.5 Å². The predicted octanol–water partition coefficient (Wildman–Crippen LogP) is 7.26. The molecule has 0 spiro atoms.